The Bertz CT molecular complexity index is 462. The third-order valence-corrected chi connectivity index (χ3v) is 6.38. The fraction of sp³-hybridized carbons (Fsp3) is 0.900. The van der Waals surface area contributed by atoms with Gasteiger partial charge in [-0.15, -0.1) is 0 Å². The molecular weight excluding hydrogens is 314 g/mol. The zero-order valence-electron chi connectivity index (χ0n) is 15.7. The van der Waals surface area contributed by atoms with Crippen LogP contribution in [0.3, 0.4) is 0 Å². The first-order valence-electron chi connectivity index (χ1n) is 10.5. The second kappa shape index (κ2) is 8.52. The van der Waals surface area contributed by atoms with Crippen LogP contribution in [0.15, 0.2) is 0 Å². The molecule has 5 nitrogen and oxygen atoms in total. The molecule has 3 N–H and O–H groups in total. The lowest BCUT2D eigenvalue weighted by molar-refractivity contribution is -0.135. The minimum atomic E-state index is -0.658. The summed E-state index contributed by atoms with van der Waals surface area (Å²) >= 11 is 0. The number of carbonyl (C=O) groups is 2. The van der Waals surface area contributed by atoms with Gasteiger partial charge in [0.05, 0.1) is 0 Å². The van der Waals surface area contributed by atoms with Gasteiger partial charge in [0.25, 0.3) is 0 Å². The zero-order valence-corrected chi connectivity index (χ0v) is 15.7. The third-order valence-electron chi connectivity index (χ3n) is 6.38. The summed E-state index contributed by atoms with van der Waals surface area (Å²) in [6.45, 7) is 2.83. The number of hydrogen-bond donors (Lipinski definition) is 3. The Labute approximate surface area is 152 Å². The van der Waals surface area contributed by atoms with Crippen LogP contribution < -0.4 is 16.0 Å². The molecule has 2 bridgehead atoms. The predicted molar refractivity (Wildman–Crippen MR) is 99.2 cm³/mol. The Kier molecular flexibility index (Phi) is 6.37. The number of amides is 2. The molecule has 2 heterocycles. The molecule has 142 valence electrons. The maximum Gasteiger partial charge on any atom is 0.245 e. The van der Waals surface area contributed by atoms with E-state index in [1.54, 1.807) is 0 Å². The summed E-state index contributed by atoms with van der Waals surface area (Å²) in [6.07, 6.45) is 12.2. The molecule has 3 aliphatic rings. The maximum atomic E-state index is 12.8. The summed E-state index contributed by atoms with van der Waals surface area (Å²) < 4.78 is 0. The van der Waals surface area contributed by atoms with Crippen molar-refractivity contribution in [2.24, 2.45) is 5.92 Å². The second-order valence-corrected chi connectivity index (χ2v) is 8.48. The SMILES string of the molecule is CCCCNC(=O)C1(NC(=O)CC2CC3CCC(C2)N3)CCCCC1. The summed E-state index contributed by atoms with van der Waals surface area (Å²) in [5, 5.41) is 9.88. The van der Waals surface area contributed by atoms with Gasteiger partial charge in [0.15, 0.2) is 0 Å². The number of rotatable bonds is 7. The maximum absolute atomic E-state index is 12.8. The van der Waals surface area contributed by atoms with Crippen LogP contribution >= 0.6 is 0 Å². The van der Waals surface area contributed by atoms with Crippen LogP contribution in [0.4, 0.5) is 0 Å². The fourth-order valence-corrected chi connectivity index (χ4v) is 5.03. The Hall–Kier alpha value is -1.10. The average Bonchev–Trinajstić information content (AvgIpc) is 2.94. The number of fused-ring (bicyclic) bond motifs is 2. The van der Waals surface area contributed by atoms with Crippen LogP contribution in [0.2, 0.25) is 0 Å². The molecule has 5 heteroatoms. The highest BCUT2D eigenvalue weighted by molar-refractivity contribution is 5.91. The number of hydrogen-bond acceptors (Lipinski definition) is 3. The van der Waals surface area contributed by atoms with Crippen molar-refractivity contribution in [3.63, 3.8) is 0 Å². The summed E-state index contributed by atoms with van der Waals surface area (Å²) in [4.78, 5) is 25.5. The van der Waals surface area contributed by atoms with Crippen LogP contribution in [0.5, 0.6) is 0 Å². The standard InChI is InChI=1S/C20H35N3O2/c1-2-3-11-21-19(25)20(9-5-4-6-10-20)23-18(24)14-15-12-16-7-8-17(13-15)22-16/h15-17,22H,2-14H2,1H3,(H,21,25)(H,23,24). The van der Waals surface area contributed by atoms with Crippen LogP contribution in [0.1, 0.15) is 84.0 Å². The van der Waals surface area contributed by atoms with E-state index >= 15 is 0 Å². The van der Waals surface area contributed by atoms with Crippen molar-refractivity contribution in [3.05, 3.63) is 0 Å². The van der Waals surface area contributed by atoms with Gasteiger partial charge in [-0.3, -0.25) is 9.59 Å². The quantitative estimate of drug-likeness (QED) is 0.619. The van der Waals surface area contributed by atoms with Gasteiger partial charge in [0.1, 0.15) is 5.54 Å². The normalized spacial score (nSPS) is 30.7. The van der Waals surface area contributed by atoms with Crippen molar-refractivity contribution in [1.82, 2.24) is 16.0 Å². The molecule has 2 amide bonds. The highest BCUT2D eigenvalue weighted by Crippen LogP contribution is 2.33. The number of piperidine rings is 1. The van der Waals surface area contributed by atoms with Crippen molar-refractivity contribution in [3.8, 4) is 0 Å². The van der Waals surface area contributed by atoms with E-state index in [1.807, 2.05) is 0 Å². The Morgan fingerprint density at radius 3 is 2.40 bits per heavy atom. The average molecular weight is 350 g/mol. The molecule has 3 rings (SSSR count). The molecule has 0 spiro atoms. The summed E-state index contributed by atoms with van der Waals surface area (Å²) in [7, 11) is 0. The van der Waals surface area contributed by atoms with Gasteiger partial charge >= 0.3 is 0 Å². The number of unbranched alkanes of at least 4 members (excludes halogenated alkanes) is 1. The van der Waals surface area contributed by atoms with E-state index < -0.39 is 5.54 Å². The van der Waals surface area contributed by atoms with Gasteiger partial charge in [-0.05, 0) is 50.9 Å². The molecule has 3 fully saturated rings. The lowest BCUT2D eigenvalue weighted by Crippen LogP contribution is -2.60. The predicted octanol–water partition coefficient (Wildman–Crippen LogP) is 2.64. The monoisotopic (exact) mass is 349 g/mol. The van der Waals surface area contributed by atoms with E-state index in [9.17, 15) is 9.59 Å². The first kappa shape index (κ1) is 18.7. The van der Waals surface area contributed by atoms with E-state index in [2.05, 4.69) is 22.9 Å². The molecule has 0 radical (unpaired) electrons. The molecule has 0 aromatic rings. The van der Waals surface area contributed by atoms with E-state index in [0.717, 1.165) is 57.8 Å². The molecule has 2 atom stereocenters. The van der Waals surface area contributed by atoms with Crippen molar-refractivity contribution in [1.29, 1.82) is 0 Å². The molecular formula is C20H35N3O2. The van der Waals surface area contributed by atoms with Crippen LogP contribution in [-0.2, 0) is 9.59 Å². The van der Waals surface area contributed by atoms with Crippen molar-refractivity contribution in [2.45, 2.75) is 102 Å². The van der Waals surface area contributed by atoms with Gasteiger partial charge in [-0.25, -0.2) is 0 Å². The first-order chi connectivity index (χ1) is 12.1. The van der Waals surface area contributed by atoms with E-state index in [1.165, 1.54) is 12.8 Å². The molecule has 2 saturated heterocycles. The van der Waals surface area contributed by atoms with E-state index in [0.29, 0.717) is 31.0 Å². The molecule has 1 aliphatic carbocycles. The molecule has 2 unspecified atom stereocenters. The molecule has 2 aliphatic heterocycles. The fourth-order valence-electron chi connectivity index (χ4n) is 5.03. The van der Waals surface area contributed by atoms with Crippen molar-refractivity contribution >= 4 is 11.8 Å². The highest BCUT2D eigenvalue weighted by Gasteiger charge is 2.41. The number of nitrogens with one attached hydrogen (secondary N) is 3. The van der Waals surface area contributed by atoms with E-state index in [-0.39, 0.29) is 11.8 Å². The number of carbonyl (C=O) groups excluding carboxylic acids is 2. The Morgan fingerprint density at radius 2 is 1.76 bits per heavy atom. The van der Waals surface area contributed by atoms with Crippen LogP contribution in [0, 0.1) is 5.92 Å². The third kappa shape index (κ3) is 4.75. The first-order valence-corrected chi connectivity index (χ1v) is 10.5. The topological polar surface area (TPSA) is 70.2 Å². The summed E-state index contributed by atoms with van der Waals surface area (Å²) in [5.74, 6) is 0.598. The largest absolute Gasteiger partial charge is 0.354 e. The van der Waals surface area contributed by atoms with Crippen LogP contribution in [-0.4, -0.2) is 36.0 Å². The van der Waals surface area contributed by atoms with Crippen LogP contribution in [0.25, 0.3) is 0 Å². The lowest BCUT2D eigenvalue weighted by atomic mass is 9.80. The van der Waals surface area contributed by atoms with Gasteiger partial charge in [-0.1, -0.05) is 32.6 Å². The summed E-state index contributed by atoms with van der Waals surface area (Å²) in [5.41, 5.74) is -0.658. The Balaban J connectivity index is 1.55. The van der Waals surface area contributed by atoms with Gasteiger partial charge in [0.2, 0.25) is 11.8 Å². The molecule has 25 heavy (non-hydrogen) atoms. The Morgan fingerprint density at radius 1 is 1.08 bits per heavy atom. The minimum Gasteiger partial charge on any atom is -0.354 e. The minimum absolute atomic E-state index is 0.0411. The van der Waals surface area contributed by atoms with Gasteiger partial charge in [-0.2, -0.15) is 0 Å². The molecule has 1 saturated carbocycles. The van der Waals surface area contributed by atoms with Crippen molar-refractivity contribution < 1.29 is 9.59 Å². The zero-order chi connectivity index (χ0) is 17.7. The van der Waals surface area contributed by atoms with Gasteiger partial charge < -0.3 is 16.0 Å². The molecule has 0 aromatic carbocycles. The second-order valence-electron chi connectivity index (χ2n) is 8.48. The highest BCUT2D eigenvalue weighted by atomic mass is 16.2. The lowest BCUT2D eigenvalue weighted by Gasteiger charge is -2.37. The van der Waals surface area contributed by atoms with Gasteiger partial charge in [0, 0.05) is 25.0 Å². The molecule has 0 aromatic heterocycles. The van der Waals surface area contributed by atoms with Crippen molar-refractivity contribution in [2.75, 3.05) is 6.54 Å². The summed E-state index contributed by atoms with van der Waals surface area (Å²) in [6, 6.07) is 1.22. The smallest absolute Gasteiger partial charge is 0.245 e. The van der Waals surface area contributed by atoms with E-state index in [4.69, 9.17) is 0 Å².